The van der Waals surface area contributed by atoms with E-state index in [9.17, 15) is 0 Å². The Morgan fingerprint density at radius 3 is 2.69 bits per heavy atom. The number of hydrogen-bond donors (Lipinski definition) is 1. The third kappa shape index (κ3) is 2.38. The number of likely N-dealkylation sites (N-methyl/N-ethyl adjacent to an activating group) is 2. The molecule has 1 aromatic carbocycles. The van der Waals surface area contributed by atoms with Crippen LogP contribution in [0.1, 0.15) is 30.7 Å². The second-order valence-corrected chi connectivity index (χ2v) is 4.71. The molecule has 16 heavy (non-hydrogen) atoms. The van der Waals surface area contributed by atoms with E-state index in [4.69, 9.17) is 0 Å². The van der Waals surface area contributed by atoms with Crippen molar-refractivity contribution < 1.29 is 0 Å². The van der Waals surface area contributed by atoms with E-state index in [1.54, 1.807) is 5.56 Å². The van der Waals surface area contributed by atoms with Gasteiger partial charge in [0.2, 0.25) is 0 Å². The molecular formula is C14H22N2. The number of nitrogens with zero attached hydrogens (tertiary/aromatic N) is 1. The first-order valence-electron chi connectivity index (χ1n) is 6.27. The van der Waals surface area contributed by atoms with E-state index >= 15 is 0 Å². The van der Waals surface area contributed by atoms with Crippen LogP contribution in [0.5, 0.6) is 0 Å². The highest BCUT2D eigenvalue weighted by molar-refractivity contribution is 5.55. The molecule has 1 aromatic rings. The van der Waals surface area contributed by atoms with Crippen LogP contribution in [0.3, 0.4) is 0 Å². The second-order valence-electron chi connectivity index (χ2n) is 4.71. The minimum absolute atomic E-state index is 0.813. The molecule has 2 heteroatoms. The zero-order valence-electron chi connectivity index (χ0n) is 10.4. The quantitative estimate of drug-likeness (QED) is 0.817. The highest BCUT2D eigenvalue weighted by Crippen LogP contribution is 2.40. The molecule has 1 fully saturated rings. The molecule has 2 rings (SSSR count). The Hall–Kier alpha value is -1.02. The van der Waals surface area contributed by atoms with Crippen molar-refractivity contribution in [2.24, 2.45) is 0 Å². The van der Waals surface area contributed by atoms with Crippen molar-refractivity contribution in [3.05, 3.63) is 29.8 Å². The maximum absolute atomic E-state index is 3.20. The fraction of sp³-hybridized carbons (Fsp3) is 0.571. The topological polar surface area (TPSA) is 15.3 Å². The van der Waals surface area contributed by atoms with Gasteiger partial charge in [0, 0.05) is 25.8 Å². The fourth-order valence-corrected chi connectivity index (χ4v) is 2.30. The summed E-state index contributed by atoms with van der Waals surface area (Å²) in [5.74, 6) is 0.813. The van der Waals surface area contributed by atoms with Crippen LogP contribution in [0.15, 0.2) is 24.3 Å². The number of hydrogen-bond acceptors (Lipinski definition) is 2. The lowest BCUT2D eigenvalue weighted by Gasteiger charge is -2.31. The minimum atomic E-state index is 0.813. The molecule has 88 valence electrons. The van der Waals surface area contributed by atoms with Crippen molar-refractivity contribution in [3.63, 3.8) is 0 Å². The lowest BCUT2D eigenvalue weighted by molar-refractivity contribution is 0.420. The summed E-state index contributed by atoms with van der Waals surface area (Å²) >= 11 is 0. The molecule has 0 aromatic heterocycles. The van der Waals surface area contributed by atoms with Gasteiger partial charge < -0.3 is 10.2 Å². The van der Waals surface area contributed by atoms with Crippen molar-refractivity contribution in [2.45, 2.75) is 25.2 Å². The summed E-state index contributed by atoms with van der Waals surface area (Å²) in [4.78, 5) is 2.37. The van der Waals surface area contributed by atoms with Crippen molar-refractivity contribution >= 4 is 5.69 Å². The lowest BCUT2D eigenvalue weighted by atomic mass is 9.79. The molecule has 1 aliphatic rings. The summed E-state index contributed by atoms with van der Waals surface area (Å²) in [5, 5.41) is 3.20. The highest BCUT2D eigenvalue weighted by Gasteiger charge is 2.22. The molecule has 1 saturated carbocycles. The van der Waals surface area contributed by atoms with Crippen LogP contribution < -0.4 is 10.2 Å². The summed E-state index contributed by atoms with van der Waals surface area (Å²) in [6.45, 7) is 2.11. The fourth-order valence-electron chi connectivity index (χ4n) is 2.30. The normalized spacial score (nSPS) is 15.9. The van der Waals surface area contributed by atoms with Crippen molar-refractivity contribution in [2.75, 3.05) is 32.1 Å². The summed E-state index contributed by atoms with van der Waals surface area (Å²) < 4.78 is 0. The van der Waals surface area contributed by atoms with Crippen LogP contribution >= 0.6 is 0 Å². The van der Waals surface area contributed by atoms with E-state index < -0.39 is 0 Å². The van der Waals surface area contributed by atoms with Gasteiger partial charge in [-0.1, -0.05) is 24.6 Å². The van der Waals surface area contributed by atoms with Gasteiger partial charge in [-0.05, 0) is 37.4 Å². The molecule has 0 saturated heterocycles. The molecule has 1 aliphatic carbocycles. The smallest absolute Gasteiger partial charge is 0.0399 e. The summed E-state index contributed by atoms with van der Waals surface area (Å²) in [5.41, 5.74) is 2.97. The Morgan fingerprint density at radius 1 is 1.31 bits per heavy atom. The van der Waals surface area contributed by atoms with E-state index in [0.717, 1.165) is 19.0 Å². The average molecular weight is 218 g/mol. The van der Waals surface area contributed by atoms with Crippen LogP contribution in [0.2, 0.25) is 0 Å². The van der Waals surface area contributed by atoms with Crippen LogP contribution in [-0.2, 0) is 0 Å². The number of nitrogens with one attached hydrogen (secondary N) is 1. The standard InChI is InChI=1S/C14H22N2/c1-15-10-11-16(2)14-9-4-3-8-13(14)12-6-5-7-12/h3-4,8-9,12,15H,5-7,10-11H2,1-2H3. The molecule has 0 radical (unpaired) electrons. The molecule has 0 heterocycles. The van der Waals surface area contributed by atoms with Gasteiger partial charge in [0.1, 0.15) is 0 Å². The molecule has 0 aliphatic heterocycles. The Balaban J connectivity index is 2.11. The number of rotatable bonds is 5. The molecule has 0 atom stereocenters. The van der Waals surface area contributed by atoms with Gasteiger partial charge in [0.05, 0.1) is 0 Å². The van der Waals surface area contributed by atoms with Gasteiger partial charge in [-0.3, -0.25) is 0 Å². The van der Waals surface area contributed by atoms with Crippen LogP contribution in [0.25, 0.3) is 0 Å². The van der Waals surface area contributed by atoms with E-state index in [-0.39, 0.29) is 0 Å². The molecule has 1 N–H and O–H groups in total. The Labute approximate surface area is 98.7 Å². The summed E-state index contributed by atoms with van der Waals surface area (Å²) in [6, 6.07) is 8.87. The maximum Gasteiger partial charge on any atom is 0.0399 e. The predicted molar refractivity (Wildman–Crippen MR) is 70.2 cm³/mol. The van der Waals surface area contributed by atoms with E-state index in [1.165, 1.54) is 24.9 Å². The molecular weight excluding hydrogens is 196 g/mol. The van der Waals surface area contributed by atoms with E-state index in [1.807, 2.05) is 7.05 Å². The molecule has 2 nitrogen and oxygen atoms in total. The van der Waals surface area contributed by atoms with Crippen molar-refractivity contribution in [1.29, 1.82) is 0 Å². The SMILES string of the molecule is CNCCN(C)c1ccccc1C1CCC1. The van der Waals surface area contributed by atoms with Crippen LogP contribution in [0, 0.1) is 0 Å². The van der Waals surface area contributed by atoms with E-state index in [0.29, 0.717) is 0 Å². The summed E-state index contributed by atoms with van der Waals surface area (Å²) in [7, 11) is 4.19. The Morgan fingerprint density at radius 2 is 2.06 bits per heavy atom. The van der Waals surface area contributed by atoms with Gasteiger partial charge in [-0.25, -0.2) is 0 Å². The molecule has 0 spiro atoms. The third-order valence-electron chi connectivity index (χ3n) is 3.59. The minimum Gasteiger partial charge on any atom is -0.373 e. The lowest BCUT2D eigenvalue weighted by Crippen LogP contribution is -2.28. The third-order valence-corrected chi connectivity index (χ3v) is 3.59. The molecule has 0 bridgehead atoms. The average Bonchev–Trinajstić information content (AvgIpc) is 2.24. The monoisotopic (exact) mass is 218 g/mol. The van der Waals surface area contributed by atoms with Gasteiger partial charge in [-0.15, -0.1) is 0 Å². The van der Waals surface area contributed by atoms with Crippen LogP contribution in [-0.4, -0.2) is 27.2 Å². The van der Waals surface area contributed by atoms with Gasteiger partial charge in [0.25, 0.3) is 0 Å². The Kier molecular flexibility index (Phi) is 3.83. The first-order chi connectivity index (χ1) is 7.83. The Bertz CT molecular complexity index is 331. The van der Waals surface area contributed by atoms with Gasteiger partial charge in [-0.2, -0.15) is 0 Å². The van der Waals surface area contributed by atoms with Crippen LogP contribution in [0.4, 0.5) is 5.69 Å². The van der Waals surface area contributed by atoms with Crippen molar-refractivity contribution in [1.82, 2.24) is 5.32 Å². The molecule has 0 unspecified atom stereocenters. The zero-order chi connectivity index (χ0) is 11.4. The second kappa shape index (κ2) is 5.35. The highest BCUT2D eigenvalue weighted by atomic mass is 15.1. The van der Waals surface area contributed by atoms with Gasteiger partial charge >= 0.3 is 0 Å². The number of anilines is 1. The number of para-hydroxylation sites is 1. The zero-order valence-corrected chi connectivity index (χ0v) is 10.4. The largest absolute Gasteiger partial charge is 0.373 e. The predicted octanol–water partition coefficient (Wildman–Crippen LogP) is 2.61. The number of benzene rings is 1. The van der Waals surface area contributed by atoms with E-state index in [2.05, 4.69) is 41.5 Å². The van der Waals surface area contributed by atoms with Gasteiger partial charge in [0.15, 0.2) is 0 Å². The maximum atomic E-state index is 3.20. The molecule has 0 amide bonds. The first-order valence-corrected chi connectivity index (χ1v) is 6.27. The van der Waals surface area contributed by atoms with Crippen molar-refractivity contribution in [3.8, 4) is 0 Å². The first kappa shape index (κ1) is 11.5. The summed E-state index contributed by atoms with van der Waals surface area (Å²) in [6.07, 6.45) is 4.15.